The Kier molecular flexibility index (Phi) is 3.17. The van der Waals surface area contributed by atoms with Crippen molar-refractivity contribution in [2.24, 2.45) is 17.8 Å². The van der Waals surface area contributed by atoms with Crippen LogP contribution in [0.4, 0.5) is 0 Å². The molecule has 4 atom stereocenters. The van der Waals surface area contributed by atoms with E-state index in [1.165, 1.54) is 5.57 Å². The molecule has 0 bridgehead atoms. The van der Waals surface area contributed by atoms with Gasteiger partial charge in [-0.1, -0.05) is 30.7 Å². The number of esters is 1. The van der Waals surface area contributed by atoms with Gasteiger partial charge in [0.05, 0.1) is 5.92 Å². The van der Waals surface area contributed by atoms with Crippen LogP contribution in [0, 0.1) is 17.8 Å². The van der Waals surface area contributed by atoms with E-state index in [0.29, 0.717) is 11.8 Å². The predicted molar refractivity (Wildman–Crippen MR) is 63.8 cm³/mol. The van der Waals surface area contributed by atoms with Crippen LogP contribution in [0.3, 0.4) is 0 Å². The SMILES string of the molecule is CC(C)=CCC[C@H]1OC(=O)[C@@H]2[C@H]1C=C[C@@H]2C. The number of cyclic esters (lactones) is 1. The number of fused-ring (bicyclic) bond motifs is 1. The first-order valence-electron chi connectivity index (χ1n) is 6.12. The summed E-state index contributed by atoms with van der Waals surface area (Å²) in [7, 11) is 0. The van der Waals surface area contributed by atoms with Gasteiger partial charge in [0.1, 0.15) is 6.10 Å². The molecule has 0 amide bonds. The summed E-state index contributed by atoms with van der Waals surface area (Å²) >= 11 is 0. The quantitative estimate of drug-likeness (QED) is 0.539. The number of hydrogen-bond donors (Lipinski definition) is 0. The molecule has 1 heterocycles. The first kappa shape index (κ1) is 11.4. The lowest BCUT2D eigenvalue weighted by molar-refractivity contribution is -0.145. The summed E-state index contributed by atoms with van der Waals surface area (Å²) in [6, 6.07) is 0. The molecule has 0 radical (unpaired) electrons. The molecule has 2 nitrogen and oxygen atoms in total. The number of ether oxygens (including phenoxy) is 1. The fraction of sp³-hybridized carbons (Fsp3) is 0.643. The van der Waals surface area contributed by atoms with Crippen molar-refractivity contribution in [2.75, 3.05) is 0 Å². The van der Waals surface area contributed by atoms with Gasteiger partial charge >= 0.3 is 5.97 Å². The van der Waals surface area contributed by atoms with Crippen molar-refractivity contribution in [1.29, 1.82) is 0 Å². The summed E-state index contributed by atoms with van der Waals surface area (Å²) in [5, 5.41) is 0. The second-order valence-corrected chi connectivity index (χ2v) is 5.18. The summed E-state index contributed by atoms with van der Waals surface area (Å²) in [6.07, 6.45) is 8.61. The van der Waals surface area contributed by atoms with Crippen molar-refractivity contribution < 1.29 is 9.53 Å². The Labute approximate surface area is 97.4 Å². The Bertz CT molecular complexity index is 337. The molecular weight excluding hydrogens is 200 g/mol. The van der Waals surface area contributed by atoms with Gasteiger partial charge in [-0.15, -0.1) is 0 Å². The molecule has 1 aliphatic carbocycles. The maximum atomic E-state index is 11.7. The fourth-order valence-corrected chi connectivity index (χ4v) is 2.71. The zero-order chi connectivity index (χ0) is 11.7. The third-order valence-corrected chi connectivity index (χ3v) is 3.59. The highest BCUT2D eigenvalue weighted by Gasteiger charge is 2.47. The van der Waals surface area contributed by atoms with E-state index in [9.17, 15) is 4.79 Å². The van der Waals surface area contributed by atoms with Gasteiger partial charge < -0.3 is 4.74 Å². The van der Waals surface area contributed by atoms with Gasteiger partial charge in [-0.05, 0) is 32.6 Å². The van der Waals surface area contributed by atoms with E-state index < -0.39 is 0 Å². The van der Waals surface area contributed by atoms with Gasteiger partial charge in [0.2, 0.25) is 0 Å². The summed E-state index contributed by atoms with van der Waals surface area (Å²) in [5.41, 5.74) is 1.33. The minimum Gasteiger partial charge on any atom is -0.461 e. The van der Waals surface area contributed by atoms with Gasteiger partial charge in [-0.25, -0.2) is 0 Å². The Balaban J connectivity index is 1.95. The first-order chi connectivity index (χ1) is 7.59. The van der Waals surface area contributed by atoms with Crippen LogP contribution in [-0.4, -0.2) is 12.1 Å². The second-order valence-electron chi connectivity index (χ2n) is 5.18. The smallest absolute Gasteiger partial charge is 0.310 e. The average Bonchev–Trinajstić information content (AvgIpc) is 2.70. The molecular formula is C14H20O2. The van der Waals surface area contributed by atoms with E-state index in [0.717, 1.165) is 12.8 Å². The molecule has 2 rings (SSSR count). The van der Waals surface area contributed by atoms with Crippen LogP contribution in [0.15, 0.2) is 23.8 Å². The molecule has 1 fully saturated rings. The van der Waals surface area contributed by atoms with E-state index in [1.54, 1.807) is 0 Å². The molecule has 0 aromatic heterocycles. The molecule has 88 valence electrons. The molecule has 1 aliphatic heterocycles. The molecule has 0 aromatic carbocycles. The van der Waals surface area contributed by atoms with Gasteiger partial charge in [0.25, 0.3) is 0 Å². The minimum atomic E-state index is 0.00435. The van der Waals surface area contributed by atoms with Crippen LogP contribution in [0.5, 0.6) is 0 Å². The molecule has 0 saturated carbocycles. The molecule has 2 aliphatic rings. The molecule has 0 N–H and O–H groups in total. The number of hydrogen-bond acceptors (Lipinski definition) is 2. The van der Waals surface area contributed by atoms with Gasteiger partial charge in [0, 0.05) is 5.92 Å². The lowest BCUT2D eigenvalue weighted by Crippen LogP contribution is -2.18. The van der Waals surface area contributed by atoms with Crippen LogP contribution in [0.2, 0.25) is 0 Å². The first-order valence-corrected chi connectivity index (χ1v) is 6.12. The van der Waals surface area contributed by atoms with Crippen molar-refractivity contribution in [3.63, 3.8) is 0 Å². The van der Waals surface area contributed by atoms with Crippen molar-refractivity contribution in [2.45, 2.75) is 39.7 Å². The molecule has 16 heavy (non-hydrogen) atoms. The summed E-state index contributed by atoms with van der Waals surface area (Å²) in [5.74, 6) is 0.778. The van der Waals surface area contributed by atoms with Crippen LogP contribution in [-0.2, 0) is 9.53 Å². The average molecular weight is 220 g/mol. The van der Waals surface area contributed by atoms with E-state index >= 15 is 0 Å². The highest BCUT2D eigenvalue weighted by atomic mass is 16.6. The Morgan fingerprint density at radius 3 is 2.88 bits per heavy atom. The van der Waals surface area contributed by atoms with Crippen LogP contribution in [0.1, 0.15) is 33.6 Å². The largest absolute Gasteiger partial charge is 0.461 e. The zero-order valence-corrected chi connectivity index (χ0v) is 10.3. The minimum absolute atomic E-state index is 0.00435. The normalized spacial score (nSPS) is 36.1. The van der Waals surface area contributed by atoms with Crippen molar-refractivity contribution >= 4 is 5.97 Å². The third kappa shape index (κ3) is 2.06. The summed E-state index contributed by atoms with van der Waals surface area (Å²) in [4.78, 5) is 11.7. The Morgan fingerprint density at radius 2 is 2.19 bits per heavy atom. The molecule has 0 spiro atoms. The lowest BCUT2D eigenvalue weighted by atomic mass is 9.87. The van der Waals surface area contributed by atoms with E-state index in [-0.39, 0.29) is 18.0 Å². The Morgan fingerprint density at radius 1 is 1.44 bits per heavy atom. The van der Waals surface area contributed by atoms with Gasteiger partial charge in [-0.2, -0.15) is 0 Å². The number of carbonyl (C=O) groups is 1. The summed E-state index contributed by atoms with van der Waals surface area (Å²) < 4.78 is 5.46. The van der Waals surface area contributed by atoms with Crippen molar-refractivity contribution in [1.82, 2.24) is 0 Å². The van der Waals surface area contributed by atoms with E-state index in [1.807, 2.05) is 0 Å². The number of allylic oxidation sites excluding steroid dienone is 3. The van der Waals surface area contributed by atoms with Crippen LogP contribution >= 0.6 is 0 Å². The highest BCUT2D eigenvalue weighted by molar-refractivity contribution is 5.77. The van der Waals surface area contributed by atoms with E-state index in [2.05, 4.69) is 39.0 Å². The Hall–Kier alpha value is -1.05. The maximum Gasteiger partial charge on any atom is 0.310 e. The highest BCUT2D eigenvalue weighted by Crippen LogP contribution is 2.41. The third-order valence-electron chi connectivity index (χ3n) is 3.59. The monoisotopic (exact) mass is 220 g/mol. The zero-order valence-electron chi connectivity index (χ0n) is 10.3. The predicted octanol–water partition coefficient (Wildman–Crippen LogP) is 3.10. The second kappa shape index (κ2) is 4.44. The van der Waals surface area contributed by atoms with Gasteiger partial charge in [0.15, 0.2) is 0 Å². The van der Waals surface area contributed by atoms with E-state index in [4.69, 9.17) is 4.74 Å². The van der Waals surface area contributed by atoms with Crippen LogP contribution < -0.4 is 0 Å². The van der Waals surface area contributed by atoms with Crippen molar-refractivity contribution in [3.05, 3.63) is 23.8 Å². The molecule has 0 unspecified atom stereocenters. The number of carbonyl (C=O) groups excluding carboxylic acids is 1. The van der Waals surface area contributed by atoms with Gasteiger partial charge in [-0.3, -0.25) is 4.79 Å². The molecule has 2 heteroatoms. The molecule has 1 saturated heterocycles. The van der Waals surface area contributed by atoms with Crippen molar-refractivity contribution in [3.8, 4) is 0 Å². The number of rotatable bonds is 3. The summed E-state index contributed by atoms with van der Waals surface area (Å²) in [6.45, 7) is 6.29. The fourth-order valence-electron chi connectivity index (χ4n) is 2.71. The van der Waals surface area contributed by atoms with Crippen LogP contribution in [0.25, 0.3) is 0 Å². The molecule has 0 aromatic rings. The topological polar surface area (TPSA) is 26.3 Å². The standard InChI is InChI=1S/C14H20O2/c1-9(2)5-4-6-12-11-8-7-10(3)13(11)14(15)16-12/h5,7-8,10-13H,4,6H2,1-3H3/t10-,11-,12+,13-/m0/s1. The lowest BCUT2D eigenvalue weighted by Gasteiger charge is -2.13. The maximum absolute atomic E-state index is 11.7.